The lowest BCUT2D eigenvalue weighted by atomic mass is 10.0. The van der Waals surface area contributed by atoms with Crippen molar-refractivity contribution in [2.75, 3.05) is 6.54 Å². The van der Waals surface area contributed by atoms with E-state index in [1.54, 1.807) is 42.5 Å². The number of hydrogen-bond acceptors (Lipinski definition) is 5. The van der Waals surface area contributed by atoms with Crippen molar-refractivity contribution >= 4 is 17.7 Å². The zero-order valence-electron chi connectivity index (χ0n) is 22.1. The molecule has 0 spiro atoms. The number of carbonyl (C=O) groups excluding carboxylic acids is 3. The number of nitrogens with one attached hydrogen (secondary N) is 3. The van der Waals surface area contributed by atoms with Crippen molar-refractivity contribution in [3.05, 3.63) is 95.6 Å². The van der Waals surface area contributed by atoms with E-state index < -0.39 is 48.6 Å². The number of amides is 3. The molecule has 3 amide bonds. The van der Waals surface area contributed by atoms with Crippen LogP contribution in [0.1, 0.15) is 23.1 Å². The zero-order valence-corrected chi connectivity index (χ0v) is 22.1. The monoisotopic (exact) mass is 568 g/mol. The highest BCUT2D eigenvalue weighted by molar-refractivity contribution is 5.93. The summed E-state index contributed by atoms with van der Waals surface area (Å²) in [6.45, 7) is -1.55. The quantitative estimate of drug-likeness (QED) is 0.377. The van der Waals surface area contributed by atoms with Crippen molar-refractivity contribution in [3.8, 4) is 11.5 Å². The highest BCUT2D eigenvalue weighted by Crippen LogP contribution is 2.24. The van der Waals surface area contributed by atoms with Gasteiger partial charge in [0.15, 0.2) is 0 Å². The molecule has 216 valence electrons. The van der Waals surface area contributed by atoms with Gasteiger partial charge in [-0.05, 0) is 60.2 Å². The van der Waals surface area contributed by atoms with Crippen LogP contribution in [0.25, 0.3) is 0 Å². The molecule has 1 aliphatic heterocycles. The van der Waals surface area contributed by atoms with E-state index in [-0.39, 0.29) is 19.3 Å². The number of benzene rings is 3. The number of alkyl halides is 3. The Morgan fingerprint density at radius 3 is 2.15 bits per heavy atom. The van der Waals surface area contributed by atoms with Gasteiger partial charge in [0.2, 0.25) is 17.7 Å². The molecular weight excluding hydrogens is 537 g/mol. The maximum atomic E-state index is 13.5. The standard InChI is InChI=1S/C30H31F3N4O4/c31-30(32,33)18-35-28(39)26-17-21-9-5-11-23(15-21)41-22-10-4-8-20(14-22)16-24(34)27(38)36-25(29(40)37-26)13-12-19-6-2-1-3-7-19/h1-11,14-15,24-26H,12-13,16-18,34H2,(H,35,39)(H,36,38)(H,37,40)/t24-,25-,26-/m0/s1. The van der Waals surface area contributed by atoms with Gasteiger partial charge >= 0.3 is 6.18 Å². The second kappa shape index (κ2) is 13.3. The third-order valence-electron chi connectivity index (χ3n) is 6.56. The van der Waals surface area contributed by atoms with Gasteiger partial charge in [-0.3, -0.25) is 14.4 Å². The van der Waals surface area contributed by atoms with Gasteiger partial charge in [0.1, 0.15) is 30.1 Å². The van der Waals surface area contributed by atoms with Gasteiger partial charge in [-0.25, -0.2) is 0 Å². The van der Waals surface area contributed by atoms with Gasteiger partial charge in [0, 0.05) is 6.42 Å². The van der Waals surface area contributed by atoms with E-state index in [2.05, 4.69) is 10.6 Å². The molecule has 4 bridgehead atoms. The Morgan fingerprint density at radius 2 is 1.51 bits per heavy atom. The molecule has 1 heterocycles. The van der Waals surface area contributed by atoms with E-state index in [1.165, 1.54) is 0 Å². The molecule has 11 heteroatoms. The normalized spacial score (nSPS) is 19.9. The van der Waals surface area contributed by atoms with Crippen molar-refractivity contribution in [2.45, 2.75) is 50.0 Å². The molecule has 41 heavy (non-hydrogen) atoms. The van der Waals surface area contributed by atoms with Crippen LogP contribution in [-0.4, -0.2) is 48.6 Å². The SMILES string of the molecule is N[C@H]1Cc2cccc(c2)Oc2cccc(c2)C[C@@H](C(=O)NCC(F)(F)F)NC(=O)[C@H](CCc2ccccc2)NC1=O. The predicted octanol–water partition coefficient (Wildman–Crippen LogP) is 3.19. The van der Waals surface area contributed by atoms with Crippen LogP contribution in [0.4, 0.5) is 13.2 Å². The number of hydrogen-bond donors (Lipinski definition) is 4. The summed E-state index contributed by atoms with van der Waals surface area (Å²) in [5.41, 5.74) is 8.40. The lowest BCUT2D eigenvalue weighted by molar-refractivity contribution is -0.141. The molecule has 8 nitrogen and oxygen atoms in total. The third-order valence-corrected chi connectivity index (χ3v) is 6.56. The summed E-state index contributed by atoms with van der Waals surface area (Å²) in [4.78, 5) is 39.4. The Kier molecular flexibility index (Phi) is 9.61. The van der Waals surface area contributed by atoms with Crippen LogP contribution >= 0.6 is 0 Å². The van der Waals surface area contributed by atoms with E-state index in [0.29, 0.717) is 23.5 Å². The first-order valence-corrected chi connectivity index (χ1v) is 13.2. The smallest absolute Gasteiger partial charge is 0.405 e. The maximum Gasteiger partial charge on any atom is 0.405 e. The van der Waals surface area contributed by atoms with Crippen LogP contribution in [0.2, 0.25) is 0 Å². The Labute approximate surface area is 235 Å². The Balaban J connectivity index is 1.66. The Hall–Kier alpha value is -4.38. The van der Waals surface area contributed by atoms with Gasteiger partial charge in [-0.1, -0.05) is 54.6 Å². The molecule has 3 aromatic rings. The van der Waals surface area contributed by atoms with Gasteiger partial charge in [-0.2, -0.15) is 13.2 Å². The predicted molar refractivity (Wildman–Crippen MR) is 146 cm³/mol. The first-order valence-electron chi connectivity index (χ1n) is 13.2. The van der Waals surface area contributed by atoms with Crippen LogP contribution in [-0.2, 0) is 33.6 Å². The van der Waals surface area contributed by atoms with E-state index in [4.69, 9.17) is 10.5 Å². The van der Waals surface area contributed by atoms with E-state index in [9.17, 15) is 27.6 Å². The second-order valence-corrected chi connectivity index (χ2v) is 9.89. The van der Waals surface area contributed by atoms with Crippen molar-refractivity contribution in [2.24, 2.45) is 5.73 Å². The minimum absolute atomic E-state index is 0.120. The van der Waals surface area contributed by atoms with Crippen LogP contribution in [0.5, 0.6) is 11.5 Å². The highest BCUT2D eigenvalue weighted by Gasteiger charge is 2.32. The minimum atomic E-state index is -4.64. The van der Waals surface area contributed by atoms with Crippen molar-refractivity contribution < 1.29 is 32.3 Å². The molecule has 0 saturated heterocycles. The van der Waals surface area contributed by atoms with Gasteiger partial charge in [0.05, 0.1) is 6.04 Å². The minimum Gasteiger partial charge on any atom is -0.457 e. The van der Waals surface area contributed by atoms with E-state index in [0.717, 1.165) is 11.1 Å². The summed E-state index contributed by atoms with van der Waals surface area (Å²) >= 11 is 0. The highest BCUT2D eigenvalue weighted by atomic mass is 19.4. The molecule has 3 atom stereocenters. The fourth-order valence-corrected chi connectivity index (χ4v) is 4.49. The molecule has 5 N–H and O–H groups in total. The van der Waals surface area contributed by atoms with Crippen LogP contribution < -0.4 is 26.4 Å². The molecule has 0 saturated carbocycles. The summed E-state index contributed by atoms with van der Waals surface area (Å²) < 4.78 is 44.5. The van der Waals surface area contributed by atoms with E-state index >= 15 is 0 Å². The molecule has 0 radical (unpaired) electrons. The fourth-order valence-electron chi connectivity index (χ4n) is 4.49. The van der Waals surface area contributed by atoms with Gasteiger partial charge < -0.3 is 26.4 Å². The molecule has 0 aromatic heterocycles. The Morgan fingerprint density at radius 1 is 0.878 bits per heavy atom. The summed E-state index contributed by atoms with van der Waals surface area (Å²) in [6.07, 6.45) is -4.00. The van der Waals surface area contributed by atoms with Crippen molar-refractivity contribution in [1.29, 1.82) is 0 Å². The number of fused-ring (bicyclic) bond motifs is 4. The average molecular weight is 569 g/mol. The van der Waals surface area contributed by atoms with Crippen LogP contribution in [0.15, 0.2) is 78.9 Å². The van der Waals surface area contributed by atoms with Crippen molar-refractivity contribution in [3.63, 3.8) is 0 Å². The molecule has 4 rings (SSSR count). The summed E-state index contributed by atoms with van der Waals surface area (Å²) in [6, 6.07) is 19.6. The third kappa shape index (κ3) is 9.07. The number of rotatable bonds is 5. The molecule has 0 fully saturated rings. The summed E-state index contributed by atoms with van der Waals surface area (Å²) in [7, 11) is 0. The number of ether oxygens (including phenoxy) is 1. The molecular formula is C30H31F3N4O4. The second-order valence-electron chi connectivity index (χ2n) is 9.89. The molecule has 1 aliphatic rings. The summed E-state index contributed by atoms with van der Waals surface area (Å²) in [5.74, 6) is -1.39. The molecule has 0 aliphatic carbocycles. The van der Waals surface area contributed by atoms with Crippen LogP contribution in [0, 0.1) is 0 Å². The van der Waals surface area contributed by atoms with Crippen molar-refractivity contribution in [1.82, 2.24) is 16.0 Å². The topological polar surface area (TPSA) is 123 Å². The lowest BCUT2D eigenvalue weighted by Crippen LogP contribution is -2.57. The molecule has 3 aromatic carbocycles. The zero-order chi connectivity index (χ0) is 29.4. The largest absolute Gasteiger partial charge is 0.457 e. The number of halogens is 3. The first kappa shape index (κ1) is 29.6. The molecule has 0 unspecified atom stereocenters. The number of aryl methyl sites for hydroxylation is 1. The lowest BCUT2D eigenvalue weighted by Gasteiger charge is -2.25. The number of carbonyl (C=O) groups is 3. The van der Waals surface area contributed by atoms with Gasteiger partial charge in [-0.15, -0.1) is 0 Å². The van der Waals surface area contributed by atoms with E-state index in [1.807, 2.05) is 41.7 Å². The van der Waals surface area contributed by atoms with Gasteiger partial charge in [0.25, 0.3) is 0 Å². The Bertz CT molecular complexity index is 1370. The number of nitrogens with two attached hydrogens (primary N) is 1. The fraction of sp³-hybridized carbons (Fsp3) is 0.300. The van der Waals surface area contributed by atoms with Crippen LogP contribution in [0.3, 0.4) is 0 Å². The first-order chi connectivity index (χ1) is 19.6. The maximum absolute atomic E-state index is 13.5. The summed E-state index contributed by atoms with van der Waals surface area (Å²) in [5, 5.41) is 7.09. The average Bonchev–Trinajstić information content (AvgIpc) is 2.93.